The fourth-order valence-corrected chi connectivity index (χ4v) is 3.07. The number of hydrogen-bond donors (Lipinski definition) is 1. The summed E-state index contributed by atoms with van der Waals surface area (Å²) >= 11 is 1.52. The van der Waals surface area contributed by atoms with Crippen molar-refractivity contribution < 1.29 is 9.47 Å². The van der Waals surface area contributed by atoms with Crippen LogP contribution in [0.2, 0.25) is 0 Å². The molecular formula is C14H16N4O2S. The summed E-state index contributed by atoms with van der Waals surface area (Å²) < 4.78 is 12.7. The molecule has 0 bridgehead atoms. The quantitative estimate of drug-likeness (QED) is 0.801. The highest BCUT2D eigenvalue weighted by Crippen LogP contribution is 2.36. The van der Waals surface area contributed by atoms with E-state index in [0.29, 0.717) is 0 Å². The van der Waals surface area contributed by atoms with Crippen LogP contribution in [0.25, 0.3) is 16.2 Å². The second kappa shape index (κ2) is 5.34. The molecule has 1 unspecified atom stereocenters. The van der Waals surface area contributed by atoms with E-state index in [-0.39, 0.29) is 6.04 Å². The van der Waals surface area contributed by atoms with Gasteiger partial charge in [0.1, 0.15) is 11.5 Å². The van der Waals surface area contributed by atoms with Crippen molar-refractivity contribution in [1.82, 2.24) is 14.6 Å². The van der Waals surface area contributed by atoms with Crippen molar-refractivity contribution in [1.29, 1.82) is 0 Å². The zero-order valence-electron chi connectivity index (χ0n) is 12.0. The van der Waals surface area contributed by atoms with E-state index in [1.54, 1.807) is 14.2 Å². The first-order valence-corrected chi connectivity index (χ1v) is 7.34. The Morgan fingerprint density at radius 2 is 2.05 bits per heavy atom. The summed E-state index contributed by atoms with van der Waals surface area (Å²) in [7, 11) is 3.27. The van der Waals surface area contributed by atoms with Gasteiger partial charge in [-0.05, 0) is 19.1 Å². The van der Waals surface area contributed by atoms with E-state index >= 15 is 0 Å². The molecule has 2 aromatic heterocycles. The van der Waals surface area contributed by atoms with E-state index in [2.05, 4.69) is 10.2 Å². The Morgan fingerprint density at radius 3 is 2.71 bits per heavy atom. The summed E-state index contributed by atoms with van der Waals surface area (Å²) in [6.45, 7) is 1.89. The van der Waals surface area contributed by atoms with Gasteiger partial charge in [0.15, 0.2) is 5.82 Å². The third kappa shape index (κ3) is 2.24. The van der Waals surface area contributed by atoms with Gasteiger partial charge in [-0.3, -0.25) is 4.40 Å². The second-order valence-corrected chi connectivity index (χ2v) is 5.49. The van der Waals surface area contributed by atoms with Crippen LogP contribution in [0.15, 0.2) is 23.6 Å². The summed E-state index contributed by atoms with van der Waals surface area (Å²) in [4.78, 5) is 0.815. The van der Waals surface area contributed by atoms with Gasteiger partial charge in [0.25, 0.3) is 0 Å². The summed E-state index contributed by atoms with van der Waals surface area (Å²) in [5.74, 6) is 2.22. The Labute approximate surface area is 126 Å². The van der Waals surface area contributed by atoms with Crippen molar-refractivity contribution in [3.63, 3.8) is 0 Å². The van der Waals surface area contributed by atoms with Gasteiger partial charge in [0.05, 0.1) is 26.0 Å². The van der Waals surface area contributed by atoms with Crippen molar-refractivity contribution >= 4 is 16.3 Å². The number of rotatable bonds is 4. The molecule has 1 atom stereocenters. The number of hydrogen-bond acceptors (Lipinski definition) is 6. The maximum Gasteiger partial charge on any atom is 0.216 e. The lowest BCUT2D eigenvalue weighted by Crippen LogP contribution is -2.10. The number of nitrogens with two attached hydrogens (primary N) is 1. The first kappa shape index (κ1) is 13.8. The molecule has 0 fully saturated rings. The van der Waals surface area contributed by atoms with Crippen LogP contribution in [0.3, 0.4) is 0 Å². The van der Waals surface area contributed by atoms with Gasteiger partial charge < -0.3 is 15.2 Å². The summed E-state index contributed by atoms with van der Waals surface area (Å²) in [6.07, 6.45) is 0. The highest BCUT2D eigenvalue weighted by atomic mass is 32.1. The van der Waals surface area contributed by atoms with Gasteiger partial charge in [-0.15, -0.1) is 21.5 Å². The highest BCUT2D eigenvalue weighted by Gasteiger charge is 2.18. The van der Waals surface area contributed by atoms with Gasteiger partial charge in [-0.25, -0.2) is 0 Å². The topological polar surface area (TPSA) is 74.7 Å². The molecule has 0 aliphatic carbocycles. The molecule has 3 rings (SSSR count). The number of methoxy groups -OCH3 is 2. The standard InChI is InChI=1S/C14H16N4O2S/c1-8(15)13-16-17-14-18(13)11(7-21-14)10-5-4-9(19-2)6-12(10)20-3/h4-8H,15H2,1-3H3. The Morgan fingerprint density at radius 1 is 1.24 bits per heavy atom. The number of thiazole rings is 1. The molecule has 0 spiro atoms. The van der Waals surface area contributed by atoms with Crippen LogP contribution in [-0.2, 0) is 0 Å². The second-order valence-electron chi connectivity index (χ2n) is 4.65. The Balaban J connectivity index is 2.23. The lowest BCUT2D eigenvalue weighted by molar-refractivity contribution is 0.395. The molecule has 6 nitrogen and oxygen atoms in total. The molecule has 0 amide bonds. The Bertz CT molecular complexity index is 778. The lowest BCUT2D eigenvalue weighted by atomic mass is 10.1. The van der Waals surface area contributed by atoms with E-state index in [9.17, 15) is 0 Å². The summed E-state index contributed by atoms with van der Waals surface area (Å²) in [5, 5.41) is 10.4. The molecule has 0 aliphatic heterocycles. The molecule has 0 radical (unpaired) electrons. The maximum absolute atomic E-state index is 5.98. The zero-order chi connectivity index (χ0) is 15.0. The molecule has 2 heterocycles. The van der Waals surface area contributed by atoms with E-state index in [1.165, 1.54) is 11.3 Å². The van der Waals surface area contributed by atoms with Crippen LogP contribution in [0.5, 0.6) is 11.5 Å². The summed E-state index contributed by atoms with van der Waals surface area (Å²) in [5.41, 5.74) is 7.89. The van der Waals surface area contributed by atoms with E-state index in [0.717, 1.165) is 33.5 Å². The van der Waals surface area contributed by atoms with Crippen LogP contribution in [0, 0.1) is 0 Å². The van der Waals surface area contributed by atoms with Crippen molar-refractivity contribution in [3.05, 3.63) is 29.4 Å². The molecule has 21 heavy (non-hydrogen) atoms. The number of fused-ring (bicyclic) bond motifs is 1. The molecule has 110 valence electrons. The number of nitrogens with zero attached hydrogens (tertiary/aromatic N) is 3. The first-order chi connectivity index (χ1) is 10.2. The molecule has 7 heteroatoms. The van der Waals surface area contributed by atoms with E-state index in [4.69, 9.17) is 15.2 Å². The molecule has 0 saturated heterocycles. The molecule has 2 N–H and O–H groups in total. The van der Waals surface area contributed by atoms with Crippen molar-refractivity contribution in [2.45, 2.75) is 13.0 Å². The fourth-order valence-electron chi connectivity index (χ4n) is 2.23. The minimum atomic E-state index is -0.197. The average molecular weight is 304 g/mol. The Hall–Kier alpha value is -2.12. The molecule has 0 saturated carbocycles. The van der Waals surface area contributed by atoms with Gasteiger partial charge in [0.2, 0.25) is 4.96 Å². The van der Waals surface area contributed by atoms with Crippen molar-refractivity contribution in [2.24, 2.45) is 5.73 Å². The average Bonchev–Trinajstić information content (AvgIpc) is 3.07. The molecular weight excluding hydrogens is 288 g/mol. The first-order valence-electron chi connectivity index (χ1n) is 6.46. The van der Waals surface area contributed by atoms with Crippen molar-refractivity contribution in [3.8, 4) is 22.8 Å². The van der Waals surface area contributed by atoms with E-state index in [1.807, 2.05) is 34.9 Å². The molecule has 1 aromatic carbocycles. The summed E-state index contributed by atoms with van der Waals surface area (Å²) in [6, 6.07) is 5.52. The van der Waals surface area contributed by atoms with Gasteiger partial charge in [0, 0.05) is 17.0 Å². The minimum Gasteiger partial charge on any atom is -0.497 e. The highest BCUT2D eigenvalue weighted by molar-refractivity contribution is 7.15. The third-order valence-corrected chi connectivity index (χ3v) is 4.08. The van der Waals surface area contributed by atoms with Gasteiger partial charge >= 0.3 is 0 Å². The van der Waals surface area contributed by atoms with Crippen molar-refractivity contribution in [2.75, 3.05) is 14.2 Å². The minimum absolute atomic E-state index is 0.197. The van der Waals surface area contributed by atoms with Gasteiger partial charge in [-0.2, -0.15) is 0 Å². The van der Waals surface area contributed by atoms with Crippen LogP contribution < -0.4 is 15.2 Å². The number of aromatic nitrogens is 3. The molecule has 0 aliphatic rings. The van der Waals surface area contributed by atoms with Gasteiger partial charge in [-0.1, -0.05) is 0 Å². The predicted molar refractivity (Wildman–Crippen MR) is 82.0 cm³/mol. The number of ether oxygens (including phenoxy) is 2. The smallest absolute Gasteiger partial charge is 0.216 e. The molecule has 3 aromatic rings. The normalized spacial score (nSPS) is 12.6. The van der Waals surface area contributed by atoms with Crippen LogP contribution in [0.4, 0.5) is 0 Å². The zero-order valence-corrected chi connectivity index (χ0v) is 12.8. The van der Waals surface area contributed by atoms with Crippen LogP contribution >= 0.6 is 11.3 Å². The van der Waals surface area contributed by atoms with Crippen LogP contribution in [0.1, 0.15) is 18.8 Å². The monoisotopic (exact) mass is 304 g/mol. The predicted octanol–water partition coefficient (Wildman–Crippen LogP) is 2.49. The fraction of sp³-hybridized carbons (Fsp3) is 0.286. The third-order valence-electron chi connectivity index (χ3n) is 3.27. The Kier molecular flexibility index (Phi) is 3.52. The maximum atomic E-state index is 5.98. The van der Waals surface area contributed by atoms with Crippen LogP contribution in [-0.4, -0.2) is 28.8 Å². The SMILES string of the molecule is COc1ccc(-c2csc3nnc(C(C)N)n23)c(OC)c1. The van der Waals surface area contributed by atoms with E-state index < -0.39 is 0 Å². The largest absolute Gasteiger partial charge is 0.497 e. The lowest BCUT2D eigenvalue weighted by Gasteiger charge is -2.11. The number of benzene rings is 1.